The number of rotatable bonds is 8. The molecule has 0 fully saturated rings. The molecular weight excluding hydrogens is 274 g/mol. The first-order chi connectivity index (χ1) is 10.6. The van der Waals surface area contributed by atoms with Gasteiger partial charge in [0, 0.05) is 18.8 Å². The lowest BCUT2D eigenvalue weighted by molar-refractivity contribution is -0.119. The first kappa shape index (κ1) is 16.0. The summed E-state index contributed by atoms with van der Waals surface area (Å²) in [5.41, 5.74) is 8.77. The lowest BCUT2D eigenvalue weighted by Crippen LogP contribution is -2.38. The molecule has 0 aromatic heterocycles. The molecule has 0 aliphatic carbocycles. The largest absolute Gasteiger partial charge is 0.385 e. The van der Waals surface area contributed by atoms with E-state index in [1.54, 1.807) is 6.92 Å². The molecule has 0 heterocycles. The molecule has 0 saturated heterocycles. The monoisotopic (exact) mass is 297 g/mol. The maximum absolute atomic E-state index is 11.0. The molecule has 0 aliphatic heterocycles. The summed E-state index contributed by atoms with van der Waals surface area (Å²) in [6.45, 7) is 3.30. The summed E-state index contributed by atoms with van der Waals surface area (Å²) in [4.78, 5) is 11.0. The zero-order valence-electron chi connectivity index (χ0n) is 12.9. The highest BCUT2D eigenvalue weighted by Crippen LogP contribution is 2.10. The SMILES string of the molecule is CC(NCc1ccc(NCCc2ccccc2)cc1)C(N)=O. The molecule has 1 amide bonds. The van der Waals surface area contributed by atoms with Crippen LogP contribution in [0.1, 0.15) is 18.1 Å². The second kappa shape index (κ2) is 8.20. The van der Waals surface area contributed by atoms with E-state index in [0.717, 1.165) is 24.2 Å². The minimum absolute atomic E-state index is 0.316. The van der Waals surface area contributed by atoms with Gasteiger partial charge in [0.1, 0.15) is 0 Å². The topological polar surface area (TPSA) is 67.2 Å². The zero-order valence-corrected chi connectivity index (χ0v) is 12.9. The van der Waals surface area contributed by atoms with Crippen molar-refractivity contribution in [3.63, 3.8) is 0 Å². The molecule has 1 atom stereocenters. The van der Waals surface area contributed by atoms with Gasteiger partial charge in [0.25, 0.3) is 0 Å². The maximum atomic E-state index is 11.0. The fourth-order valence-corrected chi connectivity index (χ4v) is 2.11. The third kappa shape index (κ3) is 5.22. The van der Waals surface area contributed by atoms with Gasteiger partial charge in [-0.15, -0.1) is 0 Å². The van der Waals surface area contributed by atoms with Gasteiger partial charge in [-0.2, -0.15) is 0 Å². The van der Waals surface area contributed by atoms with E-state index >= 15 is 0 Å². The highest BCUT2D eigenvalue weighted by atomic mass is 16.1. The summed E-state index contributed by atoms with van der Waals surface area (Å²) in [5.74, 6) is -0.334. The van der Waals surface area contributed by atoms with E-state index in [1.807, 2.05) is 18.2 Å². The van der Waals surface area contributed by atoms with Crippen LogP contribution < -0.4 is 16.4 Å². The highest BCUT2D eigenvalue weighted by molar-refractivity contribution is 5.79. The van der Waals surface area contributed by atoms with Crippen LogP contribution in [0.25, 0.3) is 0 Å². The Labute approximate surface area is 131 Å². The fraction of sp³-hybridized carbons (Fsp3) is 0.278. The van der Waals surface area contributed by atoms with Crippen molar-refractivity contribution in [2.45, 2.75) is 25.9 Å². The van der Waals surface area contributed by atoms with Gasteiger partial charge in [-0.1, -0.05) is 42.5 Å². The Morgan fingerprint density at radius 2 is 1.73 bits per heavy atom. The molecule has 4 N–H and O–H groups in total. The molecule has 0 aliphatic rings. The Hall–Kier alpha value is -2.33. The van der Waals surface area contributed by atoms with Gasteiger partial charge in [0.15, 0.2) is 0 Å². The van der Waals surface area contributed by atoms with E-state index in [9.17, 15) is 4.79 Å². The second-order valence-corrected chi connectivity index (χ2v) is 5.36. The first-order valence-electron chi connectivity index (χ1n) is 7.54. The Balaban J connectivity index is 1.76. The van der Waals surface area contributed by atoms with Gasteiger partial charge in [0.05, 0.1) is 6.04 Å². The van der Waals surface area contributed by atoms with Crippen molar-refractivity contribution >= 4 is 11.6 Å². The fourth-order valence-electron chi connectivity index (χ4n) is 2.11. The number of benzene rings is 2. The third-order valence-corrected chi connectivity index (χ3v) is 3.58. The first-order valence-corrected chi connectivity index (χ1v) is 7.54. The lowest BCUT2D eigenvalue weighted by atomic mass is 10.1. The van der Waals surface area contributed by atoms with E-state index < -0.39 is 0 Å². The van der Waals surface area contributed by atoms with E-state index in [1.165, 1.54) is 5.56 Å². The van der Waals surface area contributed by atoms with E-state index in [4.69, 9.17) is 5.73 Å². The molecule has 0 saturated carbocycles. The molecule has 0 bridgehead atoms. The van der Waals surface area contributed by atoms with Crippen molar-refractivity contribution in [3.8, 4) is 0 Å². The summed E-state index contributed by atoms with van der Waals surface area (Å²) in [6, 6.07) is 18.3. The number of carbonyl (C=O) groups is 1. The average Bonchev–Trinajstić information content (AvgIpc) is 2.54. The predicted molar refractivity (Wildman–Crippen MR) is 90.6 cm³/mol. The van der Waals surface area contributed by atoms with Gasteiger partial charge >= 0.3 is 0 Å². The Kier molecular flexibility index (Phi) is 5.98. The number of primary amides is 1. The van der Waals surface area contributed by atoms with E-state index in [-0.39, 0.29) is 11.9 Å². The zero-order chi connectivity index (χ0) is 15.8. The minimum atomic E-state index is -0.334. The number of hydrogen-bond donors (Lipinski definition) is 3. The molecule has 2 aromatic carbocycles. The highest BCUT2D eigenvalue weighted by Gasteiger charge is 2.06. The van der Waals surface area contributed by atoms with Crippen LogP contribution in [-0.4, -0.2) is 18.5 Å². The van der Waals surface area contributed by atoms with Crippen LogP contribution in [-0.2, 0) is 17.8 Å². The van der Waals surface area contributed by atoms with Gasteiger partial charge in [-0.25, -0.2) is 0 Å². The van der Waals surface area contributed by atoms with Crippen molar-refractivity contribution < 1.29 is 4.79 Å². The van der Waals surface area contributed by atoms with Gasteiger partial charge in [-0.05, 0) is 36.6 Å². The van der Waals surface area contributed by atoms with E-state index in [2.05, 4.69) is 47.0 Å². The van der Waals surface area contributed by atoms with E-state index in [0.29, 0.717) is 6.54 Å². The predicted octanol–water partition coefficient (Wildman–Crippen LogP) is 2.30. The quantitative estimate of drug-likeness (QED) is 0.700. The molecule has 22 heavy (non-hydrogen) atoms. The molecule has 2 rings (SSSR count). The summed E-state index contributed by atoms with van der Waals surface area (Å²) in [5, 5.41) is 6.50. The van der Waals surface area contributed by atoms with Gasteiger partial charge in [0.2, 0.25) is 5.91 Å². The van der Waals surface area contributed by atoms with Gasteiger partial charge < -0.3 is 16.4 Å². The number of hydrogen-bond acceptors (Lipinski definition) is 3. The van der Waals surface area contributed by atoms with Crippen molar-refractivity contribution in [1.82, 2.24) is 5.32 Å². The number of nitrogens with one attached hydrogen (secondary N) is 2. The Bertz CT molecular complexity index is 581. The number of carbonyl (C=O) groups excluding carboxylic acids is 1. The maximum Gasteiger partial charge on any atom is 0.234 e. The lowest BCUT2D eigenvalue weighted by Gasteiger charge is -2.11. The van der Waals surface area contributed by atoms with Crippen molar-refractivity contribution in [2.75, 3.05) is 11.9 Å². The van der Waals surface area contributed by atoms with Crippen LogP contribution in [0.5, 0.6) is 0 Å². The number of amides is 1. The molecule has 116 valence electrons. The third-order valence-electron chi connectivity index (χ3n) is 3.58. The molecule has 4 heteroatoms. The van der Waals surface area contributed by atoms with Crippen LogP contribution in [0, 0.1) is 0 Å². The Morgan fingerprint density at radius 1 is 1.05 bits per heavy atom. The van der Waals surface area contributed by atoms with Crippen molar-refractivity contribution in [2.24, 2.45) is 5.73 Å². The van der Waals surface area contributed by atoms with Crippen LogP contribution in [0.2, 0.25) is 0 Å². The normalized spacial score (nSPS) is 11.9. The van der Waals surface area contributed by atoms with Gasteiger partial charge in [-0.3, -0.25) is 4.79 Å². The van der Waals surface area contributed by atoms with Crippen LogP contribution in [0.4, 0.5) is 5.69 Å². The van der Waals surface area contributed by atoms with Crippen molar-refractivity contribution in [3.05, 3.63) is 65.7 Å². The Morgan fingerprint density at radius 3 is 2.36 bits per heavy atom. The summed E-state index contributed by atoms with van der Waals surface area (Å²) < 4.78 is 0. The average molecular weight is 297 g/mol. The summed E-state index contributed by atoms with van der Waals surface area (Å²) in [6.07, 6.45) is 1.00. The molecule has 1 unspecified atom stereocenters. The molecule has 4 nitrogen and oxygen atoms in total. The summed E-state index contributed by atoms with van der Waals surface area (Å²) in [7, 11) is 0. The van der Waals surface area contributed by atoms with Crippen LogP contribution in [0.3, 0.4) is 0 Å². The minimum Gasteiger partial charge on any atom is -0.385 e. The smallest absolute Gasteiger partial charge is 0.234 e. The number of anilines is 1. The molecular formula is C18H23N3O. The summed E-state index contributed by atoms with van der Waals surface area (Å²) >= 11 is 0. The molecule has 0 spiro atoms. The molecule has 2 aromatic rings. The van der Waals surface area contributed by atoms with Crippen LogP contribution in [0.15, 0.2) is 54.6 Å². The second-order valence-electron chi connectivity index (χ2n) is 5.36. The molecule has 0 radical (unpaired) electrons. The van der Waals surface area contributed by atoms with Crippen molar-refractivity contribution in [1.29, 1.82) is 0 Å². The van der Waals surface area contributed by atoms with Crippen LogP contribution >= 0.6 is 0 Å². The standard InChI is InChI=1S/C18H23N3O/c1-14(18(19)22)21-13-16-7-9-17(10-8-16)20-12-11-15-5-3-2-4-6-15/h2-10,14,20-21H,11-13H2,1H3,(H2,19,22). The number of nitrogens with two attached hydrogens (primary N) is 1.